The smallest absolute Gasteiger partial charge is 0.0817 e. The molecule has 41 heavy (non-hydrogen) atoms. The summed E-state index contributed by atoms with van der Waals surface area (Å²) in [4.78, 5) is 0. The van der Waals surface area contributed by atoms with E-state index in [9.17, 15) is 15.3 Å². The number of fused-ring (bicyclic) bond motifs is 1. The Labute approximate surface area is 249 Å². The number of aliphatic hydroxyl groups is 3. The first-order chi connectivity index (χ1) is 19.7. The van der Waals surface area contributed by atoms with E-state index in [0.717, 1.165) is 36.8 Å². The van der Waals surface area contributed by atoms with Crippen LogP contribution in [0.4, 0.5) is 0 Å². The van der Waals surface area contributed by atoms with Gasteiger partial charge in [-0.25, -0.2) is 0 Å². The third-order valence-electron chi connectivity index (χ3n) is 11.5. The summed E-state index contributed by atoms with van der Waals surface area (Å²) in [6.45, 7) is 11.2. The van der Waals surface area contributed by atoms with E-state index in [1.54, 1.807) is 0 Å². The van der Waals surface area contributed by atoms with Gasteiger partial charge in [-0.2, -0.15) is 0 Å². The van der Waals surface area contributed by atoms with Crippen LogP contribution in [0.5, 0.6) is 0 Å². The Bertz CT molecular complexity index is 1170. The number of aryl methyl sites for hydroxylation is 1. The van der Waals surface area contributed by atoms with Gasteiger partial charge in [0.2, 0.25) is 0 Å². The SMILES string of the molecule is C=C1/C(=C\C=C2/CCC[C@]3(C)[C@@H]([C@H](C)/C=C/[C@@H](O)C4(c5cccc(CCCCC)c5)CC4)CC[C@@H]23)C[C@@H](O)C[C@@H]1O. The van der Waals surface area contributed by atoms with Crippen molar-refractivity contribution in [1.82, 2.24) is 0 Å². The van der Waals surface area contributed by atoms with E-state index < -0.39 is 18.3 Å². The summed E-state index contributed by atoms with van der Waals surface area (Å²) in [5.41, 5.74) is 6.19. The van der Waals surface area contributed by atoms with Gasteiger partial charge in [-0.05, 0) is 110 Å². The quantitative estimate of drug-likeness (QED) is 0.201. The zero-order valence-electron chi connectivity index (χ0n) is 25.8. The number of unbranched alkanes of at least 4 members (excludes halogenated alkanes) is 2. The van der Waals surface area contributed by atoms with Gasteiger partial charge < -0.3 is 15.3 Å². The molecule has 3 N–H and O–H groups in total. The molecule has 4 aliphatic carbocycles. The predicted octanol–water partition coefficient (Wildman–Crippen LogP) is 8.15. The van der Waals surface area contributed by atoms with Crippen LogP contribution >= 0.6 is 0 Å². The summed E-state index contributed by atoms with van der Waals surface area (Å²) >= 11 is 0. The lowest BCUT2D eigenvalue weighted by Gasteiger charge is -2.44. The van der Waals surface area contributed by atoms with Crippen LogP contribution in [-0.4, -0.2) is 33.6 Å². The molecule has 0 saturated heterocycles. The summed E-state index contributed by atoms with van der Waals surface area (Å²) in [6.07, 6.45) is 21.4. The Morgan fingerprint density at radius 3 is 2.63 bits per heavy atom. The molecule has 0 amide bonds. The summed E-state index contributed by atoms with van der Waals surface area (Å²) < 4.78 is 0. The Kier molecular flexibility index (Phi) is 9.48. The largest absolute Gasteiger partial charge is 0.393 e. The van der Waals surface area contributed by atoms with Crippen molar-refractivity contribution in [2.45, 2.75) is 128 Å². The Balaban J connectivity index is 1.26. The minimum atomic E-state index is -0.636. The summed E-state index contributed by atoms with van der Waals surface area (Å²) in [6, 6.07) is 9.03. The predicted molar refractivity (Wildman–Crippen MR) is 170 cm³/mol. The zero-order chi connectivity index (χ0) is 29.2. The van der Waals surface area contributed by atoms with Crippen molar-refractivity contribution in [2.75, 3.05) is 0 Å². The maximum atomic E-state index is 11.4. The average Bonchev–Trinajstić information content (AvgIpc) is 3.69. The second-order valence-electron chi connectivity index (χ2n) is 14.2. The molecule has 0 radical (unpaired) electrons. The maximum Gasteiger partial charge on any atom is 0.0817 e. The molecule has 4 fully saturated rings. The van der Waals surface area contributed by atoms with Crippen molar-refractivity contribution in [2.24, 2.45) is 23.2 Å². The normalized spacial score (nSPS) is 34.7. The van der Waals surface area contributed by atoms with Gasteiger partial charge in [-0.3, -0.25) is 0 Å². The van der Waals surface area contributed by atoms with Gasteiger partial charge >= 0.3 is 0 Å². The monoisotopic (exact) mass is 558 g/mol. The van der Waals surface area contributed by atoms with Crippen molar-refractivity contribution < 1.29 is 15.3 Å². The highest BCUT2D eigenvalue weighted by Crippen LogP contribution is 2.60. The molecule has 5 rings (SSSR count). The summed E-state index contributed by atoms with van der Waals surface area (Å²) in [5, 5.41) is 31.9. The van der Waals surface area contributed by atoms with Crippen molar-refractivity contribution in [3.05, 3.63) is 83.0 Å². The molecule has 4 aliphatic rings. The van der Waals surface area contributed by atoms with Crippen molar-refractivity contribution in [3.8, 4) is 0 Å². The maximum absolute atomic E-state index is 11.4. The Hall–Kier alpha value is -1.94. The van der Waals surface area contributed by atoms with Gasteiger partial charge in [0, 0.05) is 11.8 Å². The molecule has 4 saturated carbocycles. The summed E-state index contributed by atoms with van der Waals surface area (Å²) in [7, 11) is 0. The van der Waals surface area contributed by atoms with Crippen LogP contribution in [0.15, 0.2) is 71.9 Å². The van der Waals surface area contributed by atoms with Crippen LogP contribution in [0, 0.1) is 23.2 Å². The lowest BCUT2D eigenvalue weighted by molar-refractivity contribution is 0.0862. The van der Waals surface area contributed by atoms with E-state index in [4.69, 9.17) is 0 Å². The third-order valence-corrected chi connectivity index (χ3v) is 11.5. The van der Waals surface area contributed by atoms with Crippen LogP contribution in [0.2, 0.25) is 0 Å². The average molecular weight is 559 g/mol. The second-order valence-corrected chi connectivity index (χ2v) is 14.2. The van der Waals surface area contributed by atoms with E-state index in [1.165, 1.54) is 61.6 Å². The molecule has 0 bridgehead atoms. The van der Waals surface area contributed by atoms with Gasteiger partial charge in [0.25, 0.3) is 0 Å². The van der Waals surface area contributed by atoms with Gasteiger partial charge in [0.15, 0.2) is 0 Å². The molecule has 0 unspecified atom stereocenters. The first-order valence-corrected chi connectivity index (χ1v) is 16.6. The van der Waals surface area contributed by atoms with E-state index in [1.807, 2.05) is 0 Å². The molecular weight excluding hydrogens is 504 g/mol. The fourth-order valence-electron chi connectivity index (χ4n) is 8.71. The highest BCUT2D eigenvalue weighted by molar-refractivity contribution is 5.39. The van der Waals surface area contributed by atoms with Gasteiger partial charge in [-0.1, -0.05) is 94.3 Å². The second kappa shape index (κ2) is 12.7. The number of rotatable bonds is 10. The van der Waals surface area contributed by atoms with Crippen LogP contribution in [-0.2, 0) is 11.8 Å². The number of benzene rings is 1. The molecule has 1 aromatic carbocycles. The number of hydrogen-bond acceptors (Lipinski definition) is 3. The van der Waals surface area contributed by atoms with E-state index in [-0.39, 0.29) is 10.8 Å². The molecule has 0 heterocycles. The first-order valence-electron chi connectivity index (χ1n) is 16.6. The van der Waals surface area contributed by atoms with Crippen LogP contribution < -0.4 is 0 Å². The minimum Gasteiger partial charge on any atom is -0.393 e. The molecule has 0 spiro atoms. The van der Waals surface area contributed by atoms with Gasteiger partial charge in [0.05, 0.1) is 18.3 Å². The molecule has 1 aromatic rings. The topological polar surface area (TPSA) is 60.7 Å². The highest BCUT2D eigenvalue weighted by atomic mass is 16.3. The van der Waals surface area contributed by atoms with Crippen molar-refractivity contribution in [1.29, 1.82) is 0 Å². The molecule has 7 atom stereocenters. The van der Waals surface area contributed by atoms with E-state index >= 15 is 0 Å². The molecule has 224 valence electrons. The standard InChI is InChI=1S/C38H54O3/c1-5-6-7-10-28-11-8-13-31(23-28)38(21-22-38)36(41)19-14-26(2)33-17-18-34-29(12-9-20-37(33,34)4)15-16-30-24-32(39)25-35(40)27(30)3/h8,11,13-16,19,23,26,32-36,39-41H,3,5-7,9-10,12,17-18,20-22,24-25H2,1-2,4H3/b19-14+,29-15+,30-16-/t26-,32-,33-,34+,35+,36-,37-/m1/s1. The van der Waals surface area contributed by atoms with Gasteiger partial charge in [-0.15, -0.1) is 0 Å². The Morgan fingerprint density at radius 1 is 1.07 bits per heavy atom. The summed E-state index contributed by atoms with van der Waals surface area (Å²) in [5.74, 6) is 1.62. The fraction of sp³-hybridized carbons (Fsp3) is 0.632. The van der Waals surface area contributed by atoms with Crippen molar-refractivity contribution in [3.63, 3.8) is 0 Å². The first kappa shape index (κ1) is 30.5. The minimum absolute atomic E-state index is 0.0996. The molecule has 0 aliphatic heterocycles. The molecule has 3 heteroatoms. The van der Waals surface area contributed by atoms with Crippen LogP contribution in [0.25, 0.3) is 0 Å². The van der Waals surface area contributed by atoms with Gasteiger partial charge in [0.1, 0.15) is 0 Å². The number of hydrogen-bond donors (Lipinski definition) is 3. The number of allylic oxidation sites excluding steroid dienone is 4. The highest BCUT2D eigenvalue weighted by Gasteiger charge is 2.51. The Morgan fingerprint density at radius 2 is 1.88 bits per heavy atom. The van der Waals surface area contributed by atoms with E-state index in [2.05, 4.69) is 75.9 Å². The molecular formula is C38H54O3. The molecule has 3 nitrogen and oxygen atoms in total. The molecule has 0 aromatic heterocycles. The van der Waals surface area contributed by atoms with Crippen LogP contribution in [0.3, 0.4) is 0 Å². The van der Waals surface area contributed by atoms with Crippen LogP contribution in [0.1, 0.15) is 109 Å². The van der Waals surface area contributed by atoms with Crippen molar-refractivity contribution >= 4 is 0 Å². The fourth-order valence-corrected chi connectivity index (χ4v) is 8.71. The zero-order valence-corrected chi connectivity index (χ0v) is 25.8. The number of aliphatic hydroxyl groups excluding tert-OH is 3. The lowest BCUT2D eigenvalue weighted by Crippen LogP contribution is -2.35. The third kappa shape index (κ3) is 6.38. The van der Waals surface area contributed by atoms with E-state index in [0.29, 0.717) is 30.6 Å². The lowest BCUT2D eigenvalue weighted by atomic mass is 9.61.